The fraction of sp³-hybridized carbons (Fsp3) is 0.467. The number of piperidine rings is 1. The lowest BCUT2D eigenvalue weighted by Crippen LogP contribution is -2.54. The molecule has 9 heteroatoms. The quantitative estimate of drug-likeness (QED) is 0.422. The van der Waals surface area contributed by atoms with E-state index in [4.69, 9.17) is 30.2 Å². The monoisotopic (exact) mass is 553 g/mol. The Morgan fingerprint density at radius 3 is 2.85 bits per heavy atom. The van der Waals surface area contributed by atoms with E-state index < -0.39 is 11.2 Å². The number of carbonyl (C=O) groups is 1. The second-order valence-corrected chi connectivity index (χ2v) is 11.3. The number of ether oxygens (including phenoxy) is 3. The van der Waals surface area contributed by atoms with Gasteiger partial charge in [-0.05, 0) is 56.4 Å². The first kappa shape index (κ1) is 26.0. The van der Waals surface area contributed by atoms with Gasteiger partial charge in [0.15, 0.2) is 11.5 Å². The van der Waals surface area contributed by atoms with Gasteiger partial charge in [0.2, 0.25) is 12.7 Å². The number of hydrogen-bond acceptors (Lipinski definition) is 7. The molecule has 3 aromatic rings. The summed E-state index contributed by atoms with van der Waals surface area (Å²) in [6.07, 6.45) is 5.13. The fourth-order valence-corrected chi connectivity index (χ4v) is 6.38. The SMILES string of the molecule is Cc1c(CCC(=O)N2CC[C@]3(O)CCCC[C@H]3C2)c(=O)oc2cc(OCc3cc4c(cc3Cl)OCO4)ccc12. The van der Waals surface area contributed by atoms with Gasteiger partial charge in [0.05, 0.1) is 10.6 Å². The molecule has 1 aliphatic carbocycles. The van der Waals surface area contributed by atoms with Gasteiger partial charge in [-0.1, -0.05) is 24.4 Å². The molecule has 39 heavy (non-hydrogen) atoms. The van der Waals surface area contributed by atoms with Gasteiger partial charge < -0.3 is 28.6 Å². The van der Waals surface area contributed by atoms with Crippen molar-refractivity contribution in [2.45, 2.75) is 64.1 Å². The summed E-state index contributed by atoms with van der Waals surface area (Å²) >= 11 is 6.35. The highest BCUT2D eigenvalue weighted by molar-refractivity contribution is 6.31. The van der Waals surface area contributed by atoms with Crippen molar-refractivity contribution < 1.29 is 28.5 Å². The number of benzene rings is 2. The lowest BCUT2D eigenvalue weighted by atomic mass is 9.71. The van der Waals surface area contributed by atoms with Gasteiger partial charge in [0.1, 0.15) is 17.9 Å². The molecular weight excluding hydrogens is 522 g/mol. The number of hydrogen-bond donors (Lipinski definition) is 1. The Balaban J connectivity index is 1.12. The minimum Gasteiger partial charge on any atom is -0.489 e. The van der Waals surface area contributed by atoms with Crippen LogP contribution >= 0.6 is 11.6 Å². The molecule has 1 saturated heterocycles. The Kier molecular flexibility index (Phi) is 6.93. The van der Waals surface area contributed by atoms with Crippen LogP contribution in [0.25, 0.3) is 11.0 Å². The third-order valence-corrected chi connectivity index (χ3v) is 8.92. The first-order chi connectivity index (χ1) is 18.8. The second kappa shape index (κ2) is 10.4. The summed E-state index contributed by atoms with van der Waals surface area (Å²) in [6.45, 7) is 3.42. The third kappa shape index (κ3) is 5.08. The van der Waals surface area contributed by atoms with E-state index in [9.17, 15) is 14.7 Å². The Hall–Kier alpha value is -3.23. The van der Waals surface area contributed by atoms with Gasteiger partial charge in [-0.3, -0.25) is 4.79 Å². The van der Waals surface area contributed by atoms with E-state index in [1.54, 1.807) is 18.2 Å². The Bertz CT molecular complexity index is 1480. The molecule has 8 nitrogen and oxygen atoms in total. The van der Waals surface area contributed by atoms with Crippen LogP contribution in [-0.2, 0) is 17.8 Å². The third-order valence-electron chi connectivity index (χ3n) is 8.56. The van der Waals surface area contributed by atoms with Gasteiger partial charge in [-0.2, -0.15) is 0 Å². The molecule has 206 valence electrons. The van der Waals surface area contributed by atoms with Crippen molar-refractivity contribution in [3.63, 3.8) is 0 Å². The molecule has 1 amide bonds. The number of fused-ring (bicyclic) bond motifs is 3. The van der Waals surface area contributed by atoms with Crippen LogP contribution < -0.4 is 19.8 Å². The lowest BCUT2D eigenvalue weighted by Gasteiger charge is -2.47. The maximum atomic E-state index is 13.0. The van der Waals surface area contributed by atoms with Gasteiger partial charge >= 0.3 is 5.63 Å². The highest BCUT2D eigenvalue weighted by Crippen LogP contribution is 2.40. The molecule has 0 bridgehead atoms. The molecule has 2 aromatic carbocycles. The molecule has 0 spiro atoms. The number of likely N-dealkylation sites (tertiary alicyclic amines) is 1. The first-order valence-electron chi connectivity index (χ1n) is 13.6. The van der Waals surface area contributed by atoms with E-state index in [-0.39, 0.29) is 31.6 Å². The Morgan fingerprint density at radius 1 is 1.18 bits per heavy atom. The van der Waals surface area contributed by atoms with Crippen LogP contribution in [0.2, 0.25) is 5.02 Å². The number of rotatable bonds is 6. The summed E-state index contributed by atoms with van der Waals surface area (Å²) < 4.78 is 22.3. The minimum absolute atomic E-state index is 0.0208. The van der Waals surface area contributed by atoms with Crippen molar-refractivity contribution in [2.24, 2.45) is 5.92 Å². The zero-order valence-corrected chi connectivity index (χ0v) is 22.7. The predicted molar refractivity (Wildman–Crippen MR) is 146 cm³/mol. The van der Waals surface area contributed by atoms with Crippen LogP contribution in [0, 0.1) is 12.8 Å². The first-order valence-corrected chi connectivity index (χ1v) is 14.0. The van der Waals surface area contributed by atoms with Crippen LogP contribution in [0.4, 0.5) is 0 Å². The Morgan fingerprint density at radius 2 is 2.00 bits per heavy atom. The van der Waals surface area contributed by atoms with Crippen LogP contribution in [0.5, 0.6) is 17.2 Å². The molecule has 1 N–H and O–H groups in total. The summed E-state index contributed by atoms with van der Waals surface area (Å²) in [7, 11) is 0. The fourth-order valence-electron chi connectivity index (χ4n) is 6.17. The van der Waals surface area contributed by atoms with Crippen molar-refractivity contribution in [2.75, 3.05) is 19.9 Å². The molecule has 3 heterocycles. The summed E-state index contributed by atoms with van der Waals surface area (Å²) in [4.78, 5) is 27.8. The standard InChI is InChI=1S/C30H32ClNO7/c1-18-22-6-5-21(36-16-19-12-26-27(14-24(19)31)38-17-37-26)13-25(22)39-29(34)23(18)7-8-28(33)32-11-10-30(35)9-3-2-4-20(30)15-32/h5-6,12-14,20,35H,2-4,7-11,15-17H2,1H3/t20-,30+/m0/s1. The van der Waals surface area contributed by atoms with Gasteiger partial charge in [0, 0.05) is 54.1 Å². The van der Waals surface area contributed by atoms with Gasteiger partial charge in [-0.15, -0.1) is 0 Å². The van der Waals surface area contributed by atoms with E-state index in [1.165, 1.54) is 0 Å². The zero-order chi connectivity index (χ0) is 27.1. The molecule has 2 aliphatic heterocycles. The number of aryl methyl sites for hydroxylation is 1. The summed E-state index contributed by atoms with van der Waals surface area (Å²) in [5.74, 6) is 1.94. The average Bonchev–Trinajstić information content (AvgIpc) is 3.37. The average molecular weight is 554 g/mol. The summed E-state index contributed by atoms with van der Waals surface area (Å²) in [6, 6.07) is 8.88. The van der Waals surface area contributed by atoms with E-state index in [0.29, 0.717) is 59.3 Å². The largest absolute Gasteiger partial charge is 0.489 e. The van der Waals surface area contributed by atoms with Gasteiger partial charge in [0.25, 0.3) is 0 Å². The Labute approximate surface area is 231 Å². The predicted octanol–water partition coefficient (Wildman–Crippen LogP) is 5.15. The van der Waals surface area contributed by atoms with E-state index >= 15 is 0 Å². The molecule has 6 rings (SSSR count). The normalized spacial score (nSPS) is 22.1. The summed E-state index contributed by atoms with van der Waals surface area (Å²) in [5, 5.41) is 12.2. The van der Waals surface area contributed by atoms with Crippen LogP contribution in [0.1, 0.15) is 55.2 Å². The molecule has 1 aromatic heterocycles. The number of halogens is 1. The van der Waals surface area contributed by atoms with Crippen molar-refractivity contribution in [1.82, 2.24) is 4.90 Å². The van der Waals surface area contributed by atoms with E-state index in [2.05, 4.69) is 0 Å². The van der Waals surface area contributed by atoms with Gasteiger partial charge in [-0.25, -0.2) is 4.79 Å². The molecule has 0 radical (unpaired) electrons. The maximum absolute atomic E-state index is 13.0. The molecule has 0 unspecified atom stereocenters. The molecular formula is C30H32ClNO7. The van der Waals surface area contributed by atoms with Crippen molar-refractivity contribution in [3.05, 3.63) is 62.5 Å². The van der Waals surface area contributed by atoms with Crippen molar-refractivity contribution in [1.29, 1.82) is 0 Å². The van der Waals surface area contributed by atoms with Crippen LogP contribution in [0.3, 0.4) is 0 Å². The minimum atomic E-state index is -0.621. The van der Waals surface area contributed by atoms with Crippen LogP contribution in [0.15, 0.2) is 39.5 Å². The molecule has 1 saturated carbocycles. The number of amides is 1. The smallest absolute Gasteiger partial charge is 0.339 e. The summed E-state index contributed by atoms with van der Waals surface area (Å²) in [5.41, 5.74) is 1.44. The highest BCUT2D eigenvalue weighted by Gasteiger charge is 2.43. The molecule has 2 fully saturated rings. The number of nitrogens with zero attached hydrogens (tertiary/aromatic N) is 1. The lowest BCUT2D eigenvalue weighted by molar-refractivity contribution is -0.143. The number of aliphatic hydroxyl groups is 1. The highest BCUT2D eigenvalue weighted by atomic mass is 35.5. The molecule has 2 atom stereocenters. The van der Waals surface area contributed by atoms with E-state index in [1.807, 2.05) is 24.0 Å². The maximum Gasteiger partial charge on any atom is 0.339 e. The second-order valence-electron chi connectivity index (χ2n) is 10.9. The number of carbonyl (C=O) groups excluding carboxylic acids is 1. The zero-order valence-electron chi connectivity index (χ0n) is 22.0. The van der Waals surface area contributed by atoms with Crippen LogP contribution in [-0.4, -0.2) is 41.4 Å². The van der Waals surface area contributed by atoms with Crippen molar-refractivity contribution in [3.8, 4) is 17.2 Å². The topological polar surface area (TPSA) is 98.4 Å². The molecule has 3 aliphatic rings. The van der Waals surface area contributed by atoms with E-state index in [0.717, 1.165) is 42.2 Å². The van der Waals surface area contributed by atoms with Crippen molar-refractivity contribution >= 4 is 28.5 Å².